The fourth-order valence-electron chi connectivity index (χ4n) is 3.37. The van der Waals surface area contributed by atoms with Crippen molar-refractivity contribution >= 4 is 5.91 Å². The molecule has 1 atom stereocenters. The molecule has 1 saturated heterocycles. The molecule has 2 N–H and O–H groups in total. The Bertz CT molecular complexity index is 251. The van der Waals surface area contributed by atoms with E-state index in [0.29, 0.717) is 5.92 Å². The van der Waals surface area contributed by atoms with Crippen LogP contribution in [0.2, 0.25) is 0 Å². The Balaban J connectivity index is 1.89. The Morgan fingerprint density at radius 1 is 0.889 bits per heavy atom. The maximum absolute atomic E-state index is 12.5. The second-order valence-electron chi connectivity index (χ2n) is 6.02. The quantitative estimate of drug-likeness (QED) is 0.768. The summed E-state index contributed by atoms with van der Waals surface area (Å²) < 4.78 is 0. The second-order valence-corrected chi connectivity index (χ2v) is 6.02. The van der Waals surface area contributed by atoms with Crippen LogP contribution in [0.25, 0.3) is 0 Å². The molecular formula is C15H28N2O. The van der Waals surface area contributed by atoms with Crippen molar-refractivity contribution in [2.24, 2.45) is 11.7 Å². The smallest absolute Gasteiger partial charge is 0.239 e. The van der Waals surface area contributed by atoms with Gasteiger partial charge in [0.2, 0.25) is 5.91 Å². The first kappa shape index (κ1) is 13.9. The van der Waals surface area contributed by atoms with Gasteiger partial charge in [-0.15, -0.1) is 0 Å². The number of likely N-dealkylation sites (tertiary alicyclic amines) is 1. The molecule has 2 rings (SSSR count). The highest BCUT2D eigenvalue weighted by molar-refractivity contribution is 5.82. The molecule has 0 aromatic rings. The molecule has 104 valence electrons. The van der Waals surface area contributed by atoms with Crippen LogP contribution in [0, 0.1) is 5.92 Å². The molecule has 0 bridgehead atoms. The molecule has 0 spiro atoms. The van der Waals surface area contributed by atoms with E-state index in [2.05, 4.69) is 0 Å². The molecule has 0 aromatic carbocycles. The third-order valence-electron chi connectivity index (χ3n) is 4.61. The Kier molecular flexibility index (Phi) is 5.48. The maximum atomic E-state index is 12.5. The van der Waals surface area contributed by atoms with Gasteiger partial charge < -0.3 is 10.6 Å². The van der Waals surface area contributed by atoms with Gasteiger partial charge in [-0.05, 0) is 31.6 Å². The van der Waals surface area contributed by atoms with Crippen molar-refractivity contribution in [3.05, 3.63) is 0 Å². The van der Waals surface area contributed by atoms with Crippen molar-refractivity contribution in [3.8, 4) is 0 Å². The molecule has 2 aliphatic rings. The average Bonchev–Trinajstić information content (AvgIpc) is 2.81. The van der Waals surface area contributed by atoms with E-state index in [-0.39, 0.29) is 11.9 Å². The number of hydrogen-bond donors (Lipinski definition) is 1. The topological polar surface area (TPSA) is 46.3 Å². The minimum atomic E-state index is -0.235. The number of nitrogens with zero attached hydrogens (tertiary/aromatic N) is 1. The molecule has 1 amide bonds. The third kappa shape index (κ3) is 3.71. The lowest BCUT2D eigenvalue weighted by molar-refractivity contribution is -0.133. The van der Waals surface area contributed by atoms with E-state index in [4.69, 9.17) is 5.73 Å². The first-order valence-electron chi connectivity index (χ1n) is 7.83. The fourth-order valence-corrected chi connectivity index (χ4v) is 3.37. The van der Waals surface area contributed by atoms with Crippen molar-refractivity contribution in [3.63, 3.8) is 0 Å². The summed E-state index contributed by atoms with van der Waals surface area (Å²) in [6.45, 7) is 1.86. The van der Waals surface area contributed by atoms with Gasteiger partial charge in [-0.3, -0.25) is 4.79 Å². The number of rotatable bonds is 2. The maximum Gasteiger partial charge on any atom is 0.239 e. The van der Waals surface area contributed by atoms with E-state index in [9.17, 15) is 4.79 Å². The van der Waals surface area contributed by atoms with Crippen LogP contribution < -0.4 is 5.73 Å². The molecule has 1 heterocycles. The van der Waals surface area contributed by atoms with Gasteiger partial charge in [-0.2, -0.15) is 0 Å². The SMILES string of the molecule is NC(C(=O)N1CCCCCC1)C1CCCCCC1. The van der Waals surface area contributed by atoms with E-state index in [1.54, 1.807) is 0 Å². The number of hydrogen-bond acceptors (Lipinski definition) is 2. The number of amides is 1. The van der Waals surface area contributed by atoms with Crippen molar-refractivity contribution in [1.29, 1.82) is 0 Å². The third-order valence-corrected chi connectivity index (χ3v) is 4.61. The molecule has 0 radical (unpaired) electrons. The molecule has 1 aliphatic heterocycles. The normalized spacial score (nSPS) is 25.3. The van der Waals surface area contributed by atoms with Crippen LogP contribution >= 0.6 is 0 Å². The second kappa shape index (κ2) is 7.13. The van der Waals surface area contributed by atoms with Crippen molar-refractivity contribution in [2.75, 3.05) is 13.1 Å². The summed E-state index contributed by atoms with van der Waals surface area (Å²) in [5, 5.41) is 0. The average molecular weight is 252 g/mol. The molecule has 1 unspecified atom stereocenters. The molecule has 3 nitrogen and oxygen atoms in total. The van der Waals surface area contributed by atoms with E-state index >= 15 is 0 Å². The molecule has 2 fully saturated rings. The summed E-state index contributed by atoms with van der Waals surface area (Å²) in [6.07, 6.45) is 12.3. The standard InChI is InChI=1S/C15H28N2O/c16-14(13-9-5-1-2-6-10-13)15(18)17-11-7-3-4-8-12-17/h13-14H,1-12,16H2. The highest BCUT2D eigenvalue weighted by atomic mass is 16.2. The van der Waals surface area contributed by atoms with Gasteiger partial charge in [0, 0.05) is 13.1 Å². The van der Waals surface area contributed by atoms with Crippen LogP contribution in [0.15, 0.2) is 0 Å². The fraction of sp³-hybridized carbons (Fsp3) is 0.933. The van der Waals surface area contributed by atoms with Gasteiger partial charge in [-0.25, -0.2) is 0 Å². The molecule has 1 saturated carbocycles. The highest BCUT2D eigenvalue weighted by Gasteiger charge is 2.29. The zero-order valence-corrected chi connectivity index (χ0v) is 11.6. The Morgan fingerprint density at radius 2 is 1.39 bits per heavy atom. The molecule has 3 heteroatoms. The van der Waals surface area contributed by atoms with Crippen LogP contribution in [0.3, 0.4) is 0 Å². The van der Waals surface area contributed by atoms with Crippen LogP contribution in [0.1, 0.15) is 64.2 Å². The minimum absolute atomic E-state index is 0.226. The van der Waals surface area contributed by atoms with Crippen LogP contribution in [-0.2, 0) is 4.79 Å². The molecule has 0 aromatic heterocycles. The van der Waals surface area contributed by atoms with Gasteiger partial charge >= 0.3 is 0 Å². The lowest BCUT2D eigenvalue weighted by atomic mass is 9.91. The largest absolute Gasteiger partial charge is 0.341 e. The van der Waals surface area contributed by atoms with Crippen LogP contribution in [-0.4, -0.2) is 29.9 Å². The summed E-state index contributed by atoms with van der Waals surface area (Å²) in [5.41, 5.74) is 6.25. The number of carbonyl (C=O) groups is 1. The summed E-state index contributed by atoms with van der Waals surface area (Å²) in [4.78, 5) is 14.5. The predicted molar refractivity (Wildman–Crippen MR) is 74.2 cm³/mol. The minimum Gasteiger partial charge on any atom is -0.341 e. The predicted octanol–water partition coefficient (Wildman–Crippen LogP) is 2.69. The first-order chi connectivity index (χ1) is 8.79. The van der Waals surface area contributed by atoms with E-state index < -0.39 is 0 Å². The molecular weight excluding hydrogens is 224 g/mol. The van der Waals surface area contributed by atoms with Crippen molar-refractivity contribution < 1.29 is 4.79 Å². The van der Waals surface area contributed by atoms with Crippen LogP contribution in [0.4, 0.5) is 0 Å². The van der Waals surface area contributed by atoms with E-state index in [1.807, 2.05) is 4.90 Å². The molecule has 18 heavy (non-hydrogen) atoms. The lowest BCUT2D eigenvalue weighted by Gasteiger charge is -2.28. The summed E-state index contributed by atoms with van der Waals surface area (Å²) in [5.74, 6) is 0.659. The van der Waals surface area contributed by atoms with Gasteiger partial charge in [0.15, 0.2) is 0 Å². The van der Waals surface area contributed by atoms with Gasteiger partial charge in [0.25, 0.3) is 0 Å². The zero-order chi connectivity index (χ0) is 12.8. The summed E-state index contributed by atoms with van der Waals surface area (Å²) in [7, 11) is 0. The van der Waals surface area contributed by atoms with Crippen LogP contribution in [0.5, 0.6) is 0 Å². The van der Waals surface area contributed by atoms with Gasteiger partial charge in [-0.1, -0.05) is 38.5 Å². The Morgan fingerprint density at radius 3 is 1.94 bits per heavy atom. The first-order valence-corrected chi connectivity index (χ1v) is 7.83. The lowest BCUT2D eigenvalue weighted by Crippen LogP contribution is -2.48. The Hall–Kier alpha value is -0.570. The summed E-state index contributed by atoms with van der Waals surface area (Å²) in [6, 6.07) is -0.235. The number of carbonyl (C=O) groups excluding carboxylic acids is 1. The van der Waals surface area contributed by atoms with Crippen molar-refractivity contribution in [1.82, 2.24) is 4.90 Å². The Labute approximate surface area is 111 Å². The highest BCUT2D eigenvalue weighted by Crippen LogP contribution is 2.26. The van der Waals surface area contributed by atoms with Crippen molar-refractivity contribution in [2.45, 2.75) is 70.3 Å². The van der Waals surface area contributed by atoms with E-state index in [0.717, 1.165) is 38.8 Å². The summed E-state index contributed by atoms with van der Waals surface area (Å²) >= 11 is 0. The monoisotopic (exact) mass is 252 g/mol. The molecule has 1 aliphatic carbocycles. The van der Waals surface area contributed by atoms with E-state index in [1.165, 1.54) is 38.5 Å². The van der Waals surface area contributed by atoms with Gasteiger partial charge in [0.05, 0.1) is 6.04 Å². The van der Waals surface area contributed by atoms with Gasteiger partial charge in [0.1, 0.15) is 0 Å². The zero-order valence-electron chi connectivity index (χ0n) is 11.6. The number of nitrogens with two attached hydrogens (primary N) is 1.